The van der Waals surface area contributed by atoms with E-state index >= 15 is 0 Å². The molecule has 0 aliphatic rings. The average Bonchev–Trinajstić information content (AvgIpc) is 2.30. The van der Waals surface area contributed by atoms with Gasteiger partial charge in [0, 0.05) is 9.38 Å². The summed E-state index contributed by atoms with van der Waals surface area (Å²) in [6.45, 7) is 0. The molecule has 0 bridgehead atoms. The number of benzene rings is 1. The van der Waals surface area contributed by atoms with Gasteiger partial charge in [-0.25, -0.2) is 4.79 Å². The highest BCUT2D eigenvalue weighted by atomic mass is 79.9. The number of carbonyl (C=O) groups is 1. The van der Waals surface area contributed by atoms with E-state index in [-0.39, 0.29) is 5.70 Å². The van der Waals surface area contributed by atoms with Crippen LogP contribution in [0.1, 0.15) is 5.56 Å². The standard InChI is InChI=1S/C10H8BrN3O2/c1-16-10(15)9(13-14-12)6-7-2-4-8(11)5-3-7/h2-6H,1H3/b9-6-. The summed E-state index contributed by atoms with van der Waals surface area (Å²) in [5.41, 5.74) is 8.98. The van der Waals surface area contributed by atoms with Crippen LogP contribution in [0.3, 0.4) is 0 Å². The number of esters is 1. The van der Waals surface area contributed by atoms with Crippen LogP contribution in [-0.2, 0) is 9.53 Å². The first kappa shape index (κ1) is 12.3. The molecule has 0 radical (unpaired) electrons. The quantitative estimate of drug-likeness (QED) is 0.280. The van der Waals surface area contributed by atoms with Crippen LogP contribution in [-0.4, -0.2) is 13.1 Å². The summed E-state index contributed by atoms with van der Waals surface area (Å²) in [7, 11) is 1.23. The van der Waals surface area contributed by atoms with Gasteiger partial charge in [-0.1, -0.05) is 33.2 Å². The predicted octanol–water partition coefficient (Wildman–Crippen LogP) is 3.27. The van der Waals surface area contributed by atoms with Crippen LogP contribution in [0.4, 0.5) is 0 Å². The Balaban J connectivity index is 3.06. The van der Waals surface area contributed by atoms with E-state index in [1.54, 1.807) is 12.1 Å². The molecule has 0 heterocycles. The molecule has 0 saturated heterocycles. The van der Waals surface area contributed by atoms with E-state index in [1.165, 1.54) is 13.2 Å². The number of rotatable bonds is 3. The minimum atomic E-state index is -0.666. The van der Waals surface area contributed by atoms with Gasteiger partial charge >= 0.3 is 5.97 Å². The first-order chi connectivity index (χ1) is 7.67. The molecule has 1 rings (SSSR count). The van der Waals surface area contributed by atoms with Gasteiger partial charge in [0.05, 0.1) is 7.11 Å². The predicted molar refractivity (Wildman–Crippen MR) is 63.3 cm³/mol. The van der Waals surface area contributed by atoms with Crippen molar-refractivity contribution < 1.29 is 9.53 Å². The van der Waals surface area contributed by atoms with Crippen molar-refractivity contribution >= 4 is 28.0 Å². The van der Waals surface area contributed by atoms with E-state index in [2.05, 4.69) is 30.7 Å². The number of carbonyl (C=O) groups excluding carboxylic acids is 1. The molecule has 16 heavy (non-hydrogen) atoms. The first-order valence-corrected chi connectivity index (χ1v) is 5.07. The zero-order valence-corrected chi connectivity index (χ0v) is 10.0. The molecular weight excluding hydrogens is 274 g/mol. The van der Waals surface area contributed by atoms with Crippen LogP contribution < -0.4 is 0 Å². The molecule has 0 aliphatic heterocycles. The lowest BCUT2D eigenvalue weighted by Gasteiger charge is -1.99. The zero-order chi connectivity index (χ0) is 12.0. The van der Waals surface area contributed by atoms with Gasteiger partial charge in [0.15, 0.2) is 0 Å². The molecule has 0 saturated carbocycles. The topological polar surface area (TPSA) is 75.1 Å². The Labute approximate surface area is 100 Å². The lowest BCUT2D eigenvalue weighted by Crippen LogP contribution is -2.01. The Morgan fingerprint density at radius 1 is 1.50 bits per heavy atom. The molecule has 1 aromatic rings. The zero-order valence-electron chi connectivity index (χ0n) is 8.42. The van der Waals surface area contributed by atoms with Gasteiger partial charge in [-0.3, -0.25) is 0 Å². The molecule has 0 N–H and O–H groups in total. The number of hydrogen-bond acceptors (Lipinski definition) is 3. The monoisotopic (exact) mass is 281 g/mol. The summed E-state index contributed by atoms with van der Waals surface area (Å²) in [6, 6.07) is 7.19. The van der Waals surface area contributed by atoms with Crippen LogP contribution in [0.2, 0.25) is 0 Å². The fourth-order valence-electron chi connectivity index (χ4n) is 0.998. The van der Waals surface area contributed by atoms with Gasteiger partial charge in [-0.15, -0.1) is 0 Å². The van der Waals surface area contributed by atoms with Gasteiger partial charge in [-0.05, 0) is 29.3 Å². The molecule has 0 aliphatic carbocycles. The van der Waals surface area contributed by atoms with Crippen molar-refractivity contribution in [1.29, 1.82) is 0 Å². The molecular formula is C10H8BrN3O2. The normalized spacial score (nSPS) is 10.5. The highest BCUT2D eigenvalue weighted by Gasteiger charge is 2.06. The second-order valence-corrected chi connectivity index (χ2v) is 3.68. The van der Waals surface area contributed by atoms with Crippen molar-refractivity contribution in [3.63, 3.8) is 0 Å². The minimum absolute atomic E-state index is 0.0766. The molecule has 0 atom stereocenters. The summed E-state index contributed by atoms with van der Waals surface area (Å²) in [5, 5.41) is 3.27. The van der Waals surface area contributed by atoms with Crippen LogP contribution >= 0.6 is 15.9 Å². The van der Waals surface area contributed by atoms with Crippen LogP contribution in [0, 0.1) is 0 Å². The average molecular weight is 282 g/mol. The Kier molecular flexibility index (Phi) is 4.57. The number of azide groups is 1. The van der Waals surface area contributed by atoms with Crippen molar-refractivity contribution in [2.45, 2.75) is 0 Å². The summed E-state index contributed by atoms with van der Waals surface area (Å²) in [5.74, 6) is -0.666. The van der Waals surface area contributed by atoms with Crippen LogP contribution in [0.15, 0.2) is 39.5 Å². The maximum absolute atomic E-state index is 11.2. The number of methoxy groups -OCH3 is 1. The minimum Gasteiger partial charge on any atom is -0.466 e. The fraction of sp³-hybridized carbons (Fsp3) is 0.100. The Morgan fingerprint density at radius 2 is 2.12 bits per heavy atom. The third-order valence-electron chi connectivity index (χ3n) is 1.72. The van der Waals surface area contributed by atoms with Crippen molar-refractivity contribution in [3.8, 4) is 0 Å². The van der Waals surface area contributed by atoms with Crippen molar-refractivity contribution in [2.24, 2.45) is 5.11 Å². The second-order valence-electron chi connectivity index (χ2n) is 2.76. The smallest absolute Gasteiger partial charge is 0.340 e. The van der Waals surface area contributed by atoms with E-state index in [0.29, 0.717) is 0 Å². The van der Waals surface area contributed by atoms with Gasteiger partial charge < -0.3 is 4.74 Å². The second kappa shape index (κ2) is 5.95. The lowest BCUT2D eigenvalue weighted by atomic mass is 10.2. The van der Waals surface area contributed by atoms with Gasteiger partial charge in [-0.2, -0.15) is 0 Å². The molecule has 0 fully saturated rings. The van der Waals surface area contributed by atoms with E-state index in [0.717, 1.165) is 10.0 Å². The maximum atomic E-state index is 11.2. The third kappa shape index (κ3) is 3.42. The number of nitrogens with zero attached hydrogens (tertiary/aromatic N) is 3. The molecule has 5 nitrogen and oxygen atoms in total. The molecule has 0 spiro atoms. The number of halogens is 1. The van der Waals surface area contributed by atoms with Crippen molar-refractivity contribution in [1.82, 2.24) is 0 Å². The highest BCUT2D eigenvalue weighted by molar-refractivity contribution is 9.10. The van der Waals surface area contributed by atoms with Crippen LogP contribution in [0.25, 0.3) is 16.5 Å². The van der Waals surface area contributed by atoms with Gasteiger partial charge in [0.2, 0.25) is 0 Å². The van der Waals surface area contributed by atoms with E-state index in [9.17, 15) is 4.79 Å². The number of hydrogen-bond donors (Lipinski definition) is 0. The Bertz CT molecular complexity index is 461. The molecule has 0 unspecified atom stereocenters. The summed E-state index contributed by atoms with van der Waals surface area (Å²) < 4.78 is 5.40. The number of ether oxygens (including phenoxy) is 1. The Morgan fingerprint density at radius 3 is 2.62 bits per heavy atom. The fourth-order valence-corrected chi connectivity index (χ4v) is 1.26. The van der Waals surface area contributed by atoms with Crippen molar-refractivity contribution in [2.75, 3.05) is 7.11 Å². The highest BCUT2D eigenvalue weighted by Crippen LogP contribution is 2.14. The molecule has 1 aromatic carbocycles. The van der Waals surface area contributed by atoms with E-state index in [4.69, 9.17) is 5.53 Å². The summed E-state index contributed by atoms with van der Waals surface area (Å²) >= 11 is 3.29. The maximum Gasteiger partial charge on any atom is 0.340 e. The van der Waals surface area contributed by atoms with Crippen LogP contribution in [0.5, 0.6) is 0 Å². The molecule has 82 valence electrons. The van der Waals surface area contributed by atoms with E-state index in [1.807, 2.05) is 12.1 Å². The Hall–Kier alpha value is -1.78. The lowest BCUT2D eigenvalue weighted by molar-refractivity contribution is -0.136. The summed E-state index contributed by atoms with van der Waals surface area (Å²) in [4.78, 5) is 13.8. The van der Waals surface area contributed by atoms with Gasteiger partial charge in [0.25, 0.3) is 0 Å². The largest absolute Gasteiger partial charge is 0.466 e. The van der Waals surface area contributed by atoms with E-state index < -0.39 is 5.97 Å². The molecule has 6 heteroatoms. The SMILES string of the molecule is COC(=O)/C(=C/c1ccc(Br)cc1)N=[N+]=[N-]. The summed E-state index contributed by atoms with van der Waals surface area (Å²) in [6.07, 6.45) is 1.46. The third-order valence-corrected chi connectivity index (χ3v) is 2.25. The van der Waals surface area contributed by atoms with Crippen molar-refractivity contribution in [3.05, 3.63) is 50.4 Å². The molecule has 0 amide bonds. The molecule has 0 aromatic heterocycles. The van der Waals surface area contributed by atoms with Gasteiger partial charge in [0.1, 0.15) is 5.70 Å². The first-order valence-electron chi connectivity index (χ1n) is 4.28.